The fraction of sp³-hybridized carbons (Fsp3) is 0.111. The first-order chi connectivity index (χ1) is 12.6. The minimum absolute atomic E-state index is 0.194. The van der Waals surface area contributed by atoms with Gasteiger partial charge in [-0.15, -0.1) is 11.3 Å². The first-order valence-electron chi connectivity index (χ1n) is 7.52. The zero-order valence-corrected chi connectivity index (χ0v) is 15.2. The highest BCUT2D eigenvalue weighted by Gasteiger charge is 2.16. The van der Waals surface area contributed by atoms with Gasteiger partial charge in [-0.25, -0.2) is 4.98 Å². The quantitative estimate of drug-likeness (QED) is 0.572. The standard InChI is InChI=1S/C18H14F2N2O2S2/c1-24-12-8-6-11(7-9-12)14-10-25-18(21-14)22-16(23)13-4-2-3-5-15(13)26-17(19)20/h2-10,17H,1H3,(H,21,22,23). The molecule has 0 bridgehead atoms. The van der Waals surface area contributed by atoms with Gasteiger partial charge in [0.1, 0.15) is 5.75 Å². The summed E-state index contributed by atoms with van der Waals surface area (Å²) in [7, 11) is 1.59. The third-order valence-corrected chi connectivity index (χ3v) is 5.00. The van der Waals surface area contributed by atoms with Gasteiger partial charge in [-0.05, 0) is 36.4 Å². The maximum Gasteiger partial charge on any atom is 0.288 e. The van der Waals surface area contributed by atoms with Crippen molar-refractivity contribution in [1.82, 2.24) is 4.98 Å². The second-order valence-electron chi connectivity index (χ2n) is 5.10. The average Bonchev–Trinajstić information content (AvgIpc) is 3.10. The summed E-state index contributed by atoms with van der Waals surface area (Å²) >= 11 is 1.61. The zero-order chi connectivity index (χ0) is 18.5. The number of hydrogen-bond acceptors (Lipinski definition) is 5. The smallest absolute Gasteiger partial charge is 0.288 e. The van der Waals surface area contributed by atoms with Crippen molar-refractivity contribution in [2.45, 2.75) is 10.7 Å². The van der Waals surface area contributed by atoms with E-state index in [1.165, 1.54) is 23.5 Å². The third kappa shape index (κ3) is 4.39. The van der Waals surface area contributed by atoms with E-state index in [9.17, 15) is 13.6 Å². The van der Waals surface area contributed by atoms with Gasteiger partial charge in [-0.3, -0.25) is 10.1 Å². The largest absolute Gasteiger partial charge is 0.497 e. The molecule has 0 aliphatic heterocycles. The summed E-state index contributed by atoms with van der Waals surface area (Å²) in [5.41, 5.74) is 1.79. The molecule has 1 heterocycles. The molecule has 134 valence electrons. The second-order valence-corrected chi connectivity index (χ2v) is 6.99. The molecule has 0 unspecified atom stereocenters. The lowest BCUT2D eigenvalue weighted by Gasteiger charge is -2.07. The number of rotatable bonds is 6. The summed E-state index contributed by atoms with van der Waals surface area (Å²) in [6, 6.07) is 13.6. The Hall–Kier alpha value is -2.45. The number of carbonyl (C=O) groups excluding carboxylic acids is 1. The second kappa shape index (κ2) is 8.29. The van der Waals surface area contributed by atoms with Crippen molar-refractivity contribution in [3.8, 4) is 17.0 Å². The molecule has 1 amide bonds. The number of halogens is 2. The molecule has 0 saturated heterocycles. The van der Waals surface area contributed by atoms with Crippen molar-refractivity contribution in [3.05, 3.63) is 59.5 Å². The number of thiazole rings is 1. The Labute approximate surface area is 157 Å². The van der Waals surface area contributed by atoms with E-state index < -0.39 is 11.7 Å². The summed E-state index contributed by atoms with van der Waals surface area (Å²) in [4.78, 5) is 17.0. The number of ether oxygens (including phenoxy) is 1. The predicted octanol–water partition coefficient (Wildman–Crippen LogP) is 5.39. The molecule has 0 spiro atoms. The Morgan fingerprint density at radius 3 is 2.62 bits per heavy atom. The van der Waals surface area contributed by atoms with Crippen molar-refractivity contribution in [2.24, 2.45) is 0 Å². The van der Waals surface area contributed by atoms with Crippen molar-refractivity contribution < 1.29 is 18.3 Å². The van der Waals surface area contributed by atoms with Gasteiger partial charge in [0, 0.05) is 15.8 Å². The van der Waals surface area contributed by atoms with Gasteiger partial charge in [0.05, 0.1) is 18.4 Å². The van der Waals surface area contributed by atoms with Crippen molar-refractivity contribution in [1.29, 1.82) is 0 Å². The van der Waals surface area contributed by atoms with E-state index in [-0.39, 0.29) is 10.5 Å². The van der Waals surface area contributed by atoms with Gasteiger partial charge in [0.2, 0.25) is 0 Å². The monoisotopic (exact) mass is 392 g/mol. The van der Waals surface area contributed by atoms with Crippen LogP contribution in [0.2, 0.25) is 0 Å². The number of thioether (sulfide) groups is 1. The van der Waals surface area contributed by atoms with E-state index in [4.69, 9.17) is 4.74 Å². The maximum atomic E-state index is 12.6. The van der Waals surface area contributed by atoms with E-state index in [0.29, 0.717) is 22.6 Å². The first kappa shape index (κ1) is 18.3. The summed E-state index contributed by atoms with van der Waals surface area (Å²) in [5, 5.41) is 4.89. The van der Waals surface area contributed by atoms with Gasteiger partial charge < -0.3 is 4.74 Å². The van der Waals surface area contributed by atoms with Crippen LogP contribution >= 0.6 is 23.1 Å². The minimum Gasteiger partial charge on any atom is -0.497 e. The number of nitrogens with zero attached hydrogens (tertiary/aromatic N) is 1. The van der Waals surface area contributed by atoms with E-state index >= 15 is 0 Å². The number of methoxy groups -OCH3 is 1. The predicted molar refractivity (Wildman–Crippen MR) is 100 cm³/mol. The molecule has 3 rings (SSSR count). The van der Waals surface area contributed by atoms with Crippen LogP contribution in [-0.4, -0.2) is 23.8 Å². The normalized spacial score (nSPS) is 10.8. The van der Waals surface area contributed by atoms with Crippen LogP contribution in [0.3, 0.4) is 0 Å². The number of amides is 1. The summed E-state index contributed by atoms with van der Waals surface area (Å²) in [6.45, 7) is 0. The number of hydrogen-bond donors (Lipinski definition) is 1. The molecule has 0 saturated carbocycles. The lowest BCUT2D eigenvalue weighted by molar-refractivity contribution is 0.102. The zero-order valence-electron chi connectivity index (χ0n) is 13.6. The van der Waals surface area contributed by atoms with Crippen LogP contribution in [0.25, 0.3) is 11.3 Å². The molecule has 2 aromatic carbocycles. The van der Waals surface area contributed by atoms with Crippen LogP contribution in [-0.2, 0) is 0 Å². The van der Waals surface area contributed by atoms with Gasteiger partial charge in [0.15, 0.2) is 5.13 Å². The Balaban J connectivity index is 1.76. The van der Waals surface area contributed by atoms with E-state index in [0.717, 1.165) is 11.3 Å². The summed E-state index contributed by atoms with van der Waals surface area (Å²) in [5.74, 6) is -2.32. The van der Waals surface area contributed by atoms with Crippen LogP contribution in [0.5, 0.6) is 5.75 Å². The molecule has 0 aliphatic carbocycles. The molecular formula is C18H14F2N2O2S2. The Morgan fingerprint density at radius 1 is 1.19 bits per heavy atom. The van der Waals surface area contributed by atoms with Crippen LogP contribution in [0, 0.1) is 0 Å². The van der Waals surface area contributed by atoms with Crippen LogP contribution in [0.1, 0.15) is 10.4 Å². The van der Waals surface area contributed by atoms with Gasteiger partial charge in [-0.1, -0.05) is 23.9 Å². The number of benzene rings is 2. The minimum atomic E-state index is -2.59. The Bertz CT molecular complexity index is 898. The molecule has 4 nitrogen and oxygen atoms in total. The van der Waals surface area contributed by atoms with Crippen molar-refractivity contribution in [3.63, 3.8) is 0 Å². The van der Waals surface area contributed by atoms with Crippen LogP contribution in [0.15, 0.2) is 58.8 Å². The molecule has 3 aromatic rings. The molecule has 0 aliphatic rings. The molecule has 0 fully saturated rings. The molecule has 0 radical (unpaired) electrons. The maximum absolute atomic E-state index is 12.6. The van der Waals surface area contributed by atoms with Crippen LogP contribution < -0.4 is 10.1 Å². The van der Waals surface area contributed by atoms with Crippen LogP contribution in [0.4, 0.5) is 13.9 Å². The highest BCUT2D eigenvalue weighted by molar-refractivity contribution is 7.99. The summed E-state index contributed by atoms with van der Waals surface area (Å²) in [6.07, 6.45) is 0. The lowest BCUT2D eigenvalue weighted by atomic mass is 10.2. The molecule has 1 N–H and O–H groups in total. The molecule has 8 heteroatoms. The number of aromatic nitrogens is 1. The average molecular weight is 392 g/mol. The lowest BCUT2D eigenvalue weighted by Crippen LogP contribution is -2.13. The highest BCUT2D eigenvalue weighted by atomic mass is 32.2. The Morgan fingerprint density at radius 2 is 1.92 bits per heavy atom. The number of anilines is 1. The van der Waals surface area contributed by atoms with E-state index in [1.54, 1.807) is 19.2 Å². The SMILES string of the molecule is COc1ccc(-c2csc(NC(=O)c3ccccc3SC(F)F)n2)cc1. The third-order valence-electron chi connectivity index (χ3n) is 3.46. The van der Waals surface area contributed by atoms with Gasteiger partial charge in [-0.2, -0.15) is 8.78 Å². The molecule has 0 atom stereocenters. The number of carbonyl (C=O) groups is 1. The van der Waals surface area contributed by atoms with Gasteiger partial charge >= 0.3 is 0 Å². The fourth-order valence-electron chi connectivity index (χ4n) is 2.24. The molecule has 1 aromatic heterocycles. The Kier molecular flexibility index (Phi) is 5.85. The van der Waals surface area contributed by atoms with Crippen molar-refractivity contribution >= 4 is 34.1 Å². The molecular weight excluding hydrogens is 378 g/mol. The molecule has 26 heavy (non-hydrogen) atoms. The number of nitrogens with one attached hydrogen (secondary N) is 1. The van der Waals surface area contributed by atoms with Crippen molar-refractivity contribution in [2.75, 3.05) is 12.4 Å². The highest BCUT2D eigenvalue weighted by Crippen LogP contribution is 2.30. The number of alkyl halides is 2. The van der Waals surface area contributed by atoms with E-state index in [2.05, 4.69) is 10.3 Å². The first-order valence-corrected chi connectivity index (χ1v) is 9.28. The summed E-state index contributed by atoms with van der Waals surface area (Å²) < 4.78 is 30.4. The van der Waals surface area contributed by atoms with E-state index in [1.807, 2.05) is 29.6 Å². The van der Waals surface area contributed by atoms with Gasteiger partial charge in [0.25, 0.3) is 11.7 Å². The topological polar surface area (TPSA) is 51.2 Å². The fourth-order valence-corrected chi connectivity index (χ4v) is 3.59.